The molecule has 2 aromatic carbocycles. The Morgan fingerprint density at radius 2 is 1.89 bits per heavy atom. The first-order valence-electron chi connectivity index (χ1n) is 9.34. The maximum atomic E-state index is 12.9. The summed E-state index contributed by atoms with van der Waals surface area (Å²) in [6.07, 6.45) is 2.62. The van der Waals surface area contributed by atoms with Crippen LogP contribution in [0, 0.1) is 0 Å². The third-order valence-corrected chi connectivity index (χ3v) is 4.89. The van der Waals surface area contributed by atoms with E-state index in [0.717, 1.165) is 22.9 Å². The number of anilines is 1. The summed E-state index contributed by atoms with van der Waals surface area (Å²) in [4.78, 5) is 31.2. The van der Waals surface area contributed by atoms with Crippen molar-refractivity contribution in [2.24, 2.45) is 0 Å². The maximum Gasteiger partial charge on any atom is 0.410 e. The highest BCUT2D eigenvalue weighted by Crippen LogP contribution is 2.24. The number of aromatic nitrogens is 1. The van der Waals surface area contributed by atoms with Crippen LogP contribution in [-0.2, 0) is 16.1 Å². The van der Waals surface area contributed by atoms with Gasteiger partial charge in [-0.25, -0.2) is 4.79 Å². The molecule has 1 fully saturated rings. The Labute approximate surface area is 163 Å². The van der Waals surface area contributed by atoms with Gasteiger partial charge in [0.15, 0.2) is 0 Å². The quantitative estimate of drug-likeness (QED) is 0.749. The molecule has 2 heterocycles. The van der Waals surface area contributed by atoms with Crippen LogP contribution >= 0.6 is 0 Å². The summed E-state index contributed by atoms with van der Waals surface area (Å²) in [6.45, 7) is 0.706. The number of hydrogen-bond acceptors (Lipinski definition) is 4. The van der Waals surface area contributed by atoms with E-state index in [4.69, 9.17) is 4.74 Å². The van der Waals surface area contributed by atoms with Gasteiger partial charge in [-0.15, -0.1) is 0 Å². The molecule has 1 unspecified atom stereocenters. The summed E-state index contributed by atoms with van der Waals surface area (Å²) in [5, 5.41) is 3.88. The number of para-hydroxylation sites is 1. The van der Waals surface area contributed by atoms with Gasteiger partial charge in [0.2, 0.25) is 5.91 Å². The minimum atomic E-state index is -0.540. The molecule has 2 amide bonds. The molecule has 4 rings (SSSR count). The van der Waals surface area contributed by atoms with Gasteiger partial charge in [0.1, 0.15) is 12.6 Å². The van der Waals surface area contributed by atoms with E-state index >= 15 is 0 Å². The van der Waals surface area contributed by atoms with Crippen LogP contribution in [-0.4, -0.2) is 34.5 Å². The van der Waals surface area contributed by atoms with Crippen LogP contribution in [0.25, 0.3) is 10.9 Å². The second-order valence-electron chi connectivity index (χ2n) is 6.76. The fraction of sp³-hybridized carbons (Fsp3) is 0.227. The molecule has 28 heavy (non-hydrogen) atoms. The Morgan fingerprint density at radius 3 is 2.75 bits per heavy atom. The van der Waals surface area contributed by atoms with Crippen LogP contribution < -0.4 is 5.32 Å². The zero-order chi connectivity index (χ0) is 19.3. The van der Waals surface area contributed by atoms with Crippen molar-refractivity contribution in [3.63, 3.8) is 0 Å². The molecule has 0 spiro atoms. The van der Waals surface area contributed by atoms with Crippen molar-refractivity contribution >= 4 is 28.6 Å². The molecule has 6 heteroatoms. The first-order valence-corrected chi connectivity index (χ1v) is 9.34. The molecule has 1 aliphatic rings. The molecular formula is C22H21N3O3. The van der Waals surface area contributed by atoms with Crippen LogP contribution in [0.1, 0.15) is 18.4 Å². The van der Waals surface area contributed by atoms with Gasteiger partial charge in [0.25, 0.3) is 0 Å². The summed E-state index contributed by atoms with van der Waals surface area (Å²) in [5.74, 6) is -0.215. The van der Waals surface area contributed by atoms with Gasteiger partial charge in [-0.1, -0.05) is 48.5 Å². The lowest BCUT2D eigenvalue weighted by atomic mass is 10.1. The Hall–Kier alpha value is -3.41. The molecular weight excluding hydrogens is 354 g/mol. The maximum absolute atomic E-state index is 12.9. The van der Waals surface area contributed by atoms with E-state index in [9.17, 15) is 9.59 Å². The molecule has 1 N–H and O–H groups in total. The number of likely N-dealkylation sites (tertiary alicyclic amines) is 1. The number of benzene rings is 2. The zero-order valence-electron chi connectivity index (χ0n) is 15.4. The second-order valence-corrected chi connectivity index (χ2v) is 6.76. The molecule has 0 radical (unpaired) electrons. The molecule has 3 aromatic rings. The van der Waals surface area contributed by atoms with Crippen molar-refractivity contribution < 1.29 is 14.3 Å². The Bertz CT molecular complexity index is 985. The van der Waals surface area contributed by atoms with Crippen LogP contribution in [0.2, 0.25) is 0 Å². The summed E-state index contributed by atoms with van der Waals surface area (Å²) < 4.78 is 5.41. The Morgan fingerprint density at radius 1 is 1.07 bits per heavy atom. The van der Waals surface area contributed by atoms with Crippen LogP contribution in [0.5, 0.6) is 0 Å². The van der Waals surface area contributed by atoms with E-state index in [1.54, 1.807) is 6.20 Å². The minimum Gasteiger partial charge on any atom is -0.445 e. The average Bonchev–Trinajstić information content (AvgIpc) is 3.23. The molecule has 0 bridgehead atoms. The predicted molar refractivity (Wildman–Crippen MR) is 107 cm³/mol. The molecule has 0 saturated carbocycles. The number of nitrogens with zero attached hydrogens (tertiary/aromatic N) is 2. The summed E-state index contributed by atoms with van der Waals surface area (Å²) in [6, 6.07) is 18.4. The highest BCUT2D eigenvalue weighted by atomic mass is 16.6. The normalized spacial score (nSPS) is 16.1. The van der Waals surface area contributed by atoms with E-state index in [0.29, 0.717) is 18.7 Å². The average molecular weight is 375 g/mol. The summed E-state index contributed by atoms with van der Waals surface area (Å²) in [7, 11) is 0. The van der Waals surface area contributed by atoms with Gasteiger partial charge in [-0.2, -0.15) is 0 Å². The van der Waals surface area contributed by atoms with Crippen molar-refractivity contribution in [3.05, 3.63) is 72.4 Å². The predicted octanol–water partition coefficient (Wildman–Crippen LogP) is 3.97. The Kier molecular flexibility index (Phi) is 5.19. The zero-order valence-corrected chi connectivity index (χ0v) is 15.4. The number of carbonyl (C=O) groups is 2. The van der Waals surface area contributed by atoms with Crippen molar-refractivity contribution in [3.8, 4) is 0 Å². The lowest BCUT2D eigenvalue weighted by Crippen LogP contribution is -2.43. The summed E-state index contributed by atoms with van der Waals surface area (Å²) in [5.41, 5.74) is 2.29. The fourth-order valence-electron chi connectivity index (χ4n) is 3.48. The molecule has 6 nitrogen and oxygen atoms in total. The van der Waals surface area contributed by atoms with Crippen LogP contribution in [0.15, 0.2) is 66.9 Å². The first-order chi connectivity index (χ1) is 13.7. The number of rotatable bonds is 4. The van der Waals surface area contributed by atoms with E-state index in [1.807, 2.05) is 60.7 Å². The fourth-order valence-corrected chi connectivity index (χ4v) is 3.48. The lowest BCUT2D eigenvalue weighted by Gasteiger charge is -2.23. The number of carbonyl (C=O) groups excluding carboxylic acids is 2. The van der Waals surface area contributed by atoms with Crippen LogP contribution in [0.3, 0.4) is 0 Å². The van der Waals surface area contributed by atoms with Crippen molar-refractivity contribution in [1.29, 1.82) is 0 Å². The first kappa shape index (κ1) is 18.0. The second kappa shape index (κ2) is 8.08. The molecule has 1 aromatic heterocycles. The van der Waals surface area contributed by atoms with Crippen molar-refractivity contribution in [2.45, 2.75) is 25.5 Å². The minimum absolute atomic E-state index is 0.192. The van der Waals surface area contributed by atoms with Crippen LogP contribution in [0.4, 0.5) is 10.5 Å². The third-order valence-electron chi connectivity index (χ3n) is 4.89. The SMILES string of the molecule is O=C(Nc1cccc2cccnc12)C1CCCN1C(=O)OCc1ccccc1. The third kappa shape index (κ3) is 3.81. The highest BCUT2D eigenvalue weighted by Gasteiger charge is 2.35. The number of amides is 2. The molecule has 1 atom stereocenters. The van der Waals surface area contributed by atoms with Gasteiger partial charge >= 0.3 is 6.09 Å². The monoisotopic (exact) mass is 375 g/mol. The van der Waals surface area contributed by atoms with Gasteiger partial charge < -0.3 is 10.1 Å². The largest absolute Gasteiger partial charge is 0.445 e. The lowest BCUT2D eigenvalue weighted by molar-refractivity contribution is -0.120. The number of nitrogens with one attached hydrogen (secondary N) is 1. The molecule has 1 saturated heterocycles. The smallest absolute Gasteiger partial charge is 0.410 e. The molecule has 1 aliphatic heterocycles. The van der Waals surface area contributed by atoms with E-state index < -0.39 is 12.1 Å². The topological polar surface area (TPSA) is 71.5 Å². The number of hydrogen-bond donors (Lipinski definition) is 1. The summed E-state index contributed by atoms with van der Waals surface area (Å²) >= 11 is 0. The van der Waals surface area contributed by atoms with Gasteiger partial charge in [0, 0.05) is 18.1 Å². The van der Waals surface area contributed by atoms with Crippen molar-refractivity contribution in [1.82, 2.24) is 9.88 Å². The van der Waals surface area contributed by atoms with E-state index in [1.165, 1.54) is 4.90 Å². The standard InChI is InChI=1S/C22H21N3O3/c26-21(24-18-11-4-9-17-10-5-13-23-20(17)18)19-12-6-14-25(19)22(27)28-15-16-7-2-1-3-8-16/h1-5,7-11,13,19H,6,12,14-15H2,(H,24,26). The molecule has 142 valence electrons. The highest BCUT2D eigenvalue weighted by molar-refractivity contribution is 6.03. The number of ether oxygens (including phenoxy) is 1. The van der Waals surface area contributed by atoms with Gasteiger partial charge in [-0.05, 0) is 30.5 Å². The van der Waals surface area contributed by atoms with Gasteiger partial charge in [-0.3, -0.25) is 14.7 Å². The van der Waals surface area contributed by atoms with E-state index in [2.05, 4.69) is 10.3 Å². The van der Waals surface area contributed by atoms with Crippen molar-refractivity contribution in [2.75, 3.05) is 11.9 Å². The number of fused-ring (bicyclic) bond motifs is 1. The van der Waals surface area contributed by atoms with Gasteiger partial charge in [0.05, 0.1) is 11.2 Å². The molecule has 0 aliphatic carbocycles. The Balaban J connectivity index is 1.43. The van der Waals surface area contributed by atoms with E-state index in [-0.39, 0.29) is 12.5 Å². The number of pyridine rings is 1.